The van der Waals surface area contributed by atoms with E-state index < -0.39 is 11.2 Å². The first-order chi connectivity index (χ1) is 16.0. The summed E-state index contributed by atoms with van der Waals surface area (Å²) in [5.41, 5.74) is 10.1. The third-order valence-electron chi connectivity index (χ3n) is 6.03. The number of nitrogens with one attached hydrogen (secondary N) is 2. The fourth-order valence-electron chi connectivity index (χ4n) is 4.33. The predicted molar refractivity (Wildman–Crippen MR) is 131 cm³/mol. The van der Waals surface area contributed by atoms with Gasteiger partial charge in [-0.1, -0.05) is 11.2 Å². The lowest BCUT2D eigenvalue weighted by molar-refractivity contribution is 0.505. The van der Waals surface area contributed by atoms with Gasteiger partial charge in [0, 0.05) is 48.2 Å². The number of anilines is 4. The number of hydrogen-bond acceptors (Lipinski definition) is 8. The van der Waals surface area contributed by atoms with Gasteiger partial charge in [-0.25, -0.2) is 4.98 Å². The number of nitriles is 1. The van der Waals surface area contributed by atoms with E-state index in [1.54, 1.807) is 10.8 Å². The van der Waals surface area contributed by atoms with Gasteiger partial charge in [0.1, 0.15) is 29.0 Å². The average molecular weight is 465 g/mol. The Morgan fingerprint density at radius 1 is 1.30 bits per heavy atom. The first-order valence-electron chi connectivity index (χ1n) is 11.3. The summed E-state index contributed by atoms with van der Waals surface area (Å²) in [5, 5.41) is 20.6. The van der Waals surface area contributed by atoms with Crippen molar-refractivity contribution in [3.63, 3.8) is 0 Å². The van der Waals surface area contributed by atoms with Gasteiger partial charge in [0.05, 0.1) is 12.5 Å². The molecule has 0 spiro atoms. The molecule has 2 fully saturated rings. The third-order valence-corrected chi connectivity index (χ3v) is 6.75. The zero-order valence-electron chi connectivity index (χ0n) is 18.6. The Labute approximate surface area is 196 Å². The molecule has 9 nitrogen and oxygen atoms in total. The minimum atomic E-state index is -0.975. The Hall–Kier alpha value is -3.00. The lowest BCUT2D eigenvalue weighted by Crippen LogP contribution is -2.43. The first kappa shape index (κ1) is 21.8. The summed E-state index contributed by atoms with van der Waals surface area (Å²) in [4.78, 5) is 6.94. The number of rotatable bonds is 7. The second-order valence-corrected chi connectivity index (χ2v) is 10.3. The molecule has 172 valence electrons. The molecule has 0 amide bonds. The molecule has 33 heavy (non-hydrogen) atoms. The smallest absolute Gasteiger partial charge is 0.177 e. The number of nitrogens with two attached hydrogens (primary N) is 1. The van der Waals surface area contributed by atoms with Crippen LogP contribution in [0.15, 0.2) is 30.5 Å². The SMILES string of the molecule is C[S@@+]([O-])Cc1cc(Nc2cc(NC3CC3)n3ncc(C#N)c3n2)ccc1N1CCC[C@H](N)C1. The topological polar surface area (TPSA) is 130 Å². The predicted octanol–water partition coefficient (Wildman–Crippen LogP) is 2.72. The molecule has 4 N–H and O–H groups in total. The lowest BCUT2D eigenvalue weighted by atomic mass is 10.0. The summed E-state index contributed by atoms with van der Waals surface area (Å²) in [5.74, 6) is 1.90. The van der Waals surface area contributed by atoms with Crippen LogP contribution >= 0.6 is 0 Å². The zero-order valence-corrected chi connectivity index (χ0v) is 19.4. The van der Waals surface area contributed by atoms with Gasteiger partial charge in [-0.05, 0) is 43.9 Å². The Morgan fingerprint density at radius 3 is 2.88 bits per heavy atom. The highest BCUT2D eigenvalue weighted by Crippen LogP contribution is 2.31. The molecule has 5 rings (SSSR count). The normalized spacial score (nSPS) is 19.3. The van der Waals surface area contributed by atoms with Gasteiger partial charge < -0.3 is 25.8 Å². The number of aromatic nitrogens is 3. The van der Waals surface area contributed by atoms with E-state index in [1.165, 1.54) is 6.20 Å². The minimum Gasteiger partial charge on any atom is -0.616 e. The van der Waals surface area contributed by atoms with Crippen LogP contribution in [0.25, 0.3) is 5.65 Å². The van der Waals surface area contributed by atoms with Crippen LogP contribution in [-0.2, 0) is 16.9 Å². The standard InChI is InChI=1S/C23H28N8OS/c1-33(32)14-15-9-19(6-7-20(15)30-8-2-3-17(25)13-30)27-21-10-22(28-18-4-5-18)31-23(29-21)16(11-24)12-26-31/h6-7,9-10,12,17-18,28H,2-5,8,13-14,25H2,1H3,(H,27,29)/t17-,33+/m0/s1. The summed E-state index contributed by atoms with van der Waals surface area (Å²) in [7, 11) is 0. The Morgan fingerprint density at radius 2 is 2.15 bits per heavy atom. The molecule has 2 aliphatic rings. The van der Waals surface area contributed by atoms with Crippen LogP contribution in [0.3, 0.4) is 0 Å². The van der Waals surface area contributed by atoms with E-state index in [-0.39, 0.29) is 6.04 Å². The Bertz CT molecular complexity index is 1200. The van der Waals surface area contributed by atoms with E-state index in [0.717, 1.165) is 61.5 Å². The van der Waals surface area contributed by atoms with Crippen molar-refractivity contribution in [2.24, 2.45) is 5.73 Å². The van der Waals surface area contributed by atoms with Gasteiger partial charge in [-0.2, -0.15) is 14.9 Å². The van der Waals surface area contributed by atoms with Crippen molar-refractivity contribution in [1.29, 1.82) is 5.26 Å². The average Bonchev–Trinajstić information content (AvgIpc) is 3.49. The molecule has 3 aromatic rings. The van der Waals surface area contributed by atoms with Gasteiger partial charge in [-0.15, -0.1) is 0 Å². The Balaban J connectivity index is 1.47. The van der Waals surface area contributed by atoms with Crippen molar-refractivity contribution in [3.05, 3.63) is 41.6 Å². The van der Waals surface area contributed by atoms with Crippen LogP contribution in [0.5, 0.6) is 0 Å². The fourth-order valence-corrected chi connectivity index (χ4v) is 5.00. The van der Waals surface area contributed by atoms with Gasteiger partial charge in [0.15, 0.2) is 5.65 Å². The highest BCUT2D eigenvalue weighted by Gasteiger charge is 2.24. The molecule has 1 saturated carbocycles. The van der Waals surface area contributed by atoms with E-state index in [0.29, 0.717) is 28.8 Å². The van der Waals surface area contributed by atoms with Crippen molar-refractivity contribution < 1.29 is 4.55 Å². The van der Waals surface area contributed by atoms with E-state index in [4.69, 9.17) is 5.73 Å². The van der Waals surface area contributed by atoms with Crippen molar-refractivity contribution in [1.82, 2.24) is 14.6 Å². The highest BCUT2D eigenvalue weighted by molar-refractivity contribution is 7.89. The van der Waals surface area contributed by atoms with Crippen molar-refractivity contribution in [3.8, 4) is 6.07 Å². The molecule has 2 atom stereocenters. The quantitative estimate of drug-likeness (QED) is 0.455. The van der Waals surface area contributed by atoms with E-state index in [2.05, 4.69) is 37.8 Å². The van der Waals surface area contributed by atoms with E-state index in [9.17, 15) is 9.81 Å². The molecule has 1 aliphatic heterocycles. The van der Waals surface area contributed by atoms with Gasteiger partial charge >= 0.3 is 0 Å². The molecule has 1 aromatic carbocycles. The fraction of sp³-hybridized carbons (Fsp3) is 0.435. The van der Waals surface area contributed by atoms with Crippen LogP contribution in [0.2, 0.25) is 0 Å². The first-order valence-corrected chi connectivity index (χ1v) is 13.0. The molecule has 10 heteroatoms. The van der Waals surface area contributed by atoms with Gasteiger partial charge in [0.2, 0.25) is 0 Å². The summed E-state index contributed by atoms with van der Waals surface area (Å²) in [6.45, 7) is 1.76. The summed E-state index contributed by atoms with van der Waals surface area (Å²) in [6, 6.07) is 10.8. The largest absolute Gasteiger partial charge is 0.616 e. The van der Waals surface area contributed by atoms with Crippen LogP contribution in [0, 0.1) is 11.3 Å². The minimum absolute atomic E-state index is 0.162. The second kappa shape index (κ2) is 9.09. The molecule has 0 radical (unpaired) electrons. The van der Waals surface area contributed by atoms with Gasteiger partial charge in [0.25, 0.3) is 0 Å². The monoisotopic (exact) mass is 464 g/mol. The van der Waals surface area contributed by atoms with Crippen LogP contribution < -0.4 is 21.3 Å². The molecule has 2 aromatic heterocycles. The maximum Gasteiger partial charge on any atom is 0.177 e. The number of fused-ring (bicyclic) bond motifs is 1. The van der Waals surface area contributed by atoms with Crippen molar-refractivity contribution in [2.75, 3.05) is 34.9 Å². The number of nitrogens with zero attached hydrogens (tertiary/aromatic N) is 5. The van der Waals surface area contributed by atoms with Crippen LogP contribution in [0.4, 0.5) is 23.0 Å². The molecule has 3 heterocycles. The molecule has 0 unspecified atom stereocenters. The van der Waals surface area contributed by atoms with Crippen LogP contribution in [-0.4, -0.2) is 50.6 Å². The van der Waals surface area contributed by atoms with Crippen molar-refractivity contribution in [2.45, 2.75) is 43.5 Å². The number of benzene rings is 1. The summed E-state index contributed by atoms with van der Waals surface area (Å²) >= 11 is -0.975. The molecular weight excluding hydrogens is 436 g/mol. The van der Waals surface area contributed by atoms with Gasteiger partial charge in [-0.3, -0.25) is 0 Å². The molecule has 1 aliphatic carbocycles. The maximum atomic E-state index is 12.1. The third kappa shape index (κ3) is 4.85. The van der Waals surface area contributed by atoms with Crippen molar-refractivity contribution >= 4 is 39.8 Å². The Kier molecular flexibility index (Phi) is 6.01. The molecule has 1 saturated heterocycles. The highest BCUT2D eigenvalue weighted by atomic mass is 32.2. The second-order valence-electron chi connectivity index (χ2n) is 8.89. The summed E-state index contributed by atoms with van der Waals surface area (Å²) in [6.07, 6.45) is 7.60. The zero-order chi connectivity index (χ0) is 22.9. The van der Waals surface area contributed by atoms with E-state index >= 15 is 0 Å². The number of piperidine rings is 1. The lowest BCUT2D eigenvalue weighted by Gasteiger charge is -2.34. The van der Waals surface area contributed by atoms with E-state index in [1.807, 2.05) is 18.2 Å². The molecular formula is C23H28N8OS. The maximum absolute atomic E-state index is 12.1. The number of hydrogen-bond donors (Lipinski definition) is 3. The molecule has 0 bridgehead atoms. The summed E-state index contributed by atoms with van der Waals surface area (Å²) < 4.78 is 13.8. The van der Waals surface area contributed by atoms with Crippen LogP contribution in [0.1, 0.15) is 36.8 Å².